The lowest BCUT2D eigenvalue weighted by Crippen LogP contribution is -2.40. The number of Topliss-reactive ketones (excluding diaryl/α,β-unsaturated/α-hetero) is 1. The third-order valence-corrected chi connectivity index (χ3v) is 3.51. The number of rotatable bonds is 1. The maximum absolute atomic E-state index is 13.9. The quantitative estimate of drug-likeness (QED) is 0.855. The van der Waals surface area contributed by atoms with Gasteiger partial charge in [-0.25, -0.2) is 4.39 Å². The maximum atomic E-state index is 13.9. The van der Waals surface area contributed by atoms with Crippen molar-refractivity contribution in [3.63, 3.8) is 0 Å². The number of hydrogen-bond acceptors (Lipinski definition) is 3. The number of carbonyl (C=O) groups excluding carboxylic acids is 1. The number of ketones is 1. The molecule has 1 heterocycles. The third-order valence-electron chi connectivity index (χ3n) is 3.28. The van der Waals surface area contributed by atoms with Crippen LogP contribution in [-0.4, -0.2) is 5.78 Å². The minimum absolute atomic E-state index is 0.0740. The van der Waals surface area contributed by atoms with E-state index in [0.29, 0.717) is 22.8 Å². The largest absolute Gasteiger partial charge is 0.292 e. The van der Waals surface area contributed by atoms with Crippen LogP contribution < -0.4 is 10.4 Å². The molecular weight excluding hydrogens is 267 g/mol. The monoisotopic (exact) mass is 278 g/mol. The first kappa shape index (κ1) is 12.2. The highest BCUT2D eigenvalue weighted by Gasteiger charge is 2.24. The van der Waals surface area contributed by atoms with E-state index in [1.54, 1.807) is 18.3 Å². The van der Waals surface area contributed by atoms with Crippen LogP contribution in [0.25, 0.3) is 0 Å². The molecule has 1 N–H and O–H groups in total. The Kier molecular flexibility index (Phi) is 3.03. The van der Waals surface area contributed by atoms with Crippen LogP contribution in [0.1, 0.15) is 19.3 Å². The first-order valence-electron chi connectivity index (χ1n) is 6.10. The number of hydrogen-bond donors (Lipinski definition) is 1. The van der Waals surface area contributed by atoms with E-state index in [0.717, 1.165) is 18.4 Å². The van der Waals surface area contributed by atoms with Crippen LogP contribution in [0.4, 0.5) is 10.1 Å². The van der Waals surface area contributed by atoms with E-state index in [-0.39, 0.29) is 5.78 Å². The van der Waals surface area contributed by atoms with Crippen LogP contribution in [0.5, 0.6) is 0 Å². The van der Waals surface area contributed by atoms with Crippen molar-refractivity contribution in [2.45, 2.75) is 19.3 Å². The summed E-state index contributed by atoms with van der Waals surface area (Å²) in [5, 5.41) is 1.85. The molecule has 0 radical (unpaired) electrons. The summed E-state index contributed by atoms with van der Waals surface area (Å²) in [6.45, 7) is 0. The molecule has 0 aromatic heterocycles. The Morgan fingerprint density at radius 2 is 2.16 bits per heavy atom. The zero-order valence-electron chi connectivity index (χ0n) is 10.1. The Morgan fingerprint density at radius 1 is 1.32 bits per heavy atom. The molecular formula is C14H12ClFN2O. The van der Waals surface area contributed by atoms with E-state index in [1.165, 1.54) is 11.1 Å². The molecule has 3 nitrogen and oxygen atoms in total. The summed E-state index contributed by atoms with van der Waals surface area (Å²) in [5.41, 5.74) is 4.87. The van der Waals surface area contributed by atoms with E-state index in [1.807, 2.05) is 6.08 Å². The Labute approximate surface area is 115 Å². The molecule has 1 aliphatic heterocycles. The van der Waals surface area contributed by atoms with Crippen LogP contribution in [0.2, 0.25) is 5.02 Å². The summed E-state index contributed by atoms with van der Waals surface area (Å²) in [5.74, 6) is -0.359. The second-order valence-corrected chi connectivity index (χ2v) is 5.01. The molecule has 0 bridgehead atoms. The van der Waals surface area contributed by atoms with E-state index in [9.17, 15) is 9.18 Å². The van der Waals surface area contributed by atoms with Gasteiger partial charge in [0.1, 0.15) is 11.5 Å². The van der Waals surface area contributed by atoms with Crippen molar-refractivity contribution in [3.8, 4) is 0 Å². The molecule has 1 aromatic rings. The van der Waals surface area contributed by atoms with E-state index < -0.39 is 5.82 Å². The van der Waals surface area contributed by atoms with Crippen molar-refractivity contribution in [2.24, 2.45) is 0 Å². The van der Waals surface area contributed by atoms with Gasteiger partial charge in [-0.3, -0.25) is 15.2 Å². The number of carbonyl (C=O) groups is 1. The number of hydrazine groups is 1. The zero-order valence-corrected chi connectivity index (χ0v) is 10.9. The Morgan fingerprint density at radius 3 is 2.95 bits per heavy atom. The van der Waals surface area contributed by atoms with Gasteiger partial charge < -0.3 is 0 Å². The lowest BCUT2D eigenvalue weighted by Gasteiger charge is -2.30. The first-order chi connectivity index (χ1) is 9.15. The summed E-state index contributed by atoms with van der Waals surface area (Å²) in [6.07, 6.45) is 5.87. The Bertz CT molecular complexity index is 609. The maximum Gasteiger partial charge on any atom is 0.180 e. The molecule has 0 atom stereocenters. The average Bonchev–Trinajstić information content (AvgIpc) is 2.39. The summed E-state index contributed by atoms with van der Waals surface area (Å²) in [6, 6.07) is 4.44. The van der Waals surface area contributed by atoms with Crippen LogP contribution >= 0.6 is 11.6 Å². The number of nitrogens with one attached hydrogen (secondary N) is 1. The molecule has 98 valence electrons. The molecule has 0 spiro atoms. The lowest BCUT2D eigenvalue weighted by atomic mass is 9.94. The highest BCUT2D eigenvalue weighted by atomic mass is 35.5. The van der Waals surface area contributed by atoms with Crippen molar-refractivity contribution in [1.82, 2.24) is 5.43 Å². The molecule has 19 heavy (non-hydrogen) atoms. The molecule has 5 heteroatoms. The van der Waals surface area contributed by atoms with Crippen molar-refractivity contribution in [2.75, 3.05) is 5.01 Å². The number of nitrogens with zero attached hydrogens (tertiary/aromatic N) is 1. The van der Waals surface area contributed by atoms with Crippen molar-refractivity contribution < 1.29 is 9.18 Å². The Hall–Kier alpha value is -1.81. The number of halogens is 2. The fourth-order valence-electron chi connectivity index (χ4n) is 2.31. The molecule has 0 saturated heterocycles. The fourth-order valence-corrected chi connectivity index (χ4v) is 2.47. The first-order valence-corrected chi connectivity index (χ1v) is 6.48. The molecule has 3 rings (SSSR count). The van der Waals surface area contributed by atoms with Crippen LogP contribution in [0.3, 0.4) is 0 Å². The second-order valence-electron chi connectivity index (χ2n) is 4.57. The normalized spacial score (nSPS) is 18.4. The lowest BCUT2D eigenvalue weighted by molar-refractivity contribution is -0.116. The Balaban J connectivity index is 1.92. The topological polar surface area (TPSA) is 32.3 Å². The van der Waals surface area contributed by atoms with Gasteiger partial charge in [0, 0.05) is 17.6 Å². The van der Waals surface area contributed by atoms with Gasteiger partial charge in [-0.2, -0.15) is 0 Å². The molecule has 0 fully saturated rings. The van der Waals surface area contributed by atoms with E-state index in [4.69, 9.17) is 11.6 Å². The van der Waals surface area contributed by atoms with Crippen LogP contribution in [0.15, 0.2) is 41.7 Å². The van der Waals surface area contributed by atoms with Gasteiger partial charge in [-0.1, -0.05) is 11.6 Å². The fraction of sp³-hybridized carbons (Fsp3) is 0.214. The van der Waals surface area contributed by atoms with Gasteiger partial charge in [0.25, 0.3) is 0 Å². The van der Waals surface area contributed by atoms with Crippen molar-refractivity contribution in [3.05, 3.63) is 52.6 Å². The van der Waals surface area contributed by atoms with Gasteiger partial charge in [0.2, 0.25) is 0 Å². The van der Waals surface area contributed by atoms with E-state index in [2.05, 4.69) is 5.43 Å². The van der Waals surface area contributed by atoms with E-state index >= 15 is 0 Å². The molecule has 1 aliphatic carbocycles. The van der Waals surface area contributed by atoms with Crippen LogP contribution in [0, 0.1) is 5.82 Å². The molecule has 0 amide bonds. The highest BCUT2D eigenvalue weighted by molar-refractivity contribution is 6.30. The summed E-state index contributed by atoms with van der Waals surface area (Å²) >= 11 is 5.73. The summed E-state index contributed by atoms with van der Waals surface area (Å²) < 4.78 is 13.9. The smallest absolute Gasteiger partial charge is 0.180 e. The predicted octanol–water partition coefficient (Wildman–Crippen LogP) is 3.32. The summed E-state index contributed by atoms with van der Waals surface area (Å²) in [7, 11) is 0. The molecule has 0 saturated carbocycles. The minimum atomic E-state index is -0.433. The molecule has 0 unspecified atom stereocenters. The van der Waals surface area contributed by atoms with Crippen molar-refractivity contribution >= 4 is 23.1 Å². The minimum Gasteiger partial charge on any atom is -0.292 e. The average molecular weight is 279 g/mol. The van der Waals surface area contributed by atoms with Gasteiger partial charge in [-0.05, 0) is 42.7 Å². The standard InChI is InChI=1S/C14H12ClFN2O/c15-10-4-5-12(11(16)8-10)18-7-6-9-2-1-3-13(19)14(9)17-18/h4-8,17H,1-3H2. The predicted molar refractivity (Wildman–Crippen MR) is 72.0 cm³/mol. The second kappa shape index (κ2) is 4.70. The van der Waals surface area contributed by atoms with Gasteiger partial charge >= 0.3 is 0 Å². The van der Waals surface area contributed by atoms with Crippen molar-refractivity contribution in [1.29, 1.82) is 0 Å². The number of allylic oxidation sites excluding steroid dienone is 3. The van der Waals surface area contributed by atoms with Gasteiger partial charge in [0.05, 0.1) is 5.69 Å². The number of benzene rings is 1. The van der Waals surface area contributed by atoms with Gasteiger partial charge in [-0.15, -0.1) is 0 Å². The third kappa shape index (κ3) is 2.24. The zero-order chi connectivity index (χ0) is 13.4. The molecule has 1 aromatic carbocycles. The molecule has 2 aliphatic rings. The van der Waals surface area contributed by atoms with Crippen LogP contribution in [-0.2, 0) is 4.79 Å². The summed E-state index contributed by atoms with van der Waals surface area (Å²) in [4.78, 5) is 11.8. The highest BCUT2D eigenvalue weighted by Crippen LogP contribution is 2.28. The SMILES string of the molecule is O=C1CCCC2=C1NN(c1ccc(Cl)cc1F)C=C2. The van der Waals surface area contributed by atoms with Gasteiger partial charge in [0.15, 0.2) is 5.78 Å². The number of anilines is 1.